The Morgan fingerprint density at radius 1 is 1.10 bits per heavy atom. The monoisotopic (exact) mass is 451 g/mol. The van der Waals surface area contributed by atoms with Gasteiger partial charge in [0, 0.05) is 6.54 Å². The largest absolute Gasteiger partial charge is 0.452 e. The summed E-state index contributed by atoms with van der Waals surface area (Å²) in [5.74, 6) is -2.37. The van der Waals surface area contributed by atoms with E-state index in [1.807, 2.05) is 12.2 Å². The highest BCUT2D eigenvalue weighted by Crippen LogP contribution is 2.22. The van der Waals surface area contributed by atoms with Crippen molar-refractivity contribution in [2.45, 2.75) is 25.2 Å². The van der Waals surface area contributed by atoms with Gasteiger partial charge in [-0.3, -0.25) is 14.8 Å². The average molecular weight is 451 g/mol. The number of halogens is 1. The molecule has 0 radical (unpaired) electrons. The van der Waals surface area contributed by atoms with Crippen LogP contribution in [-0.2, 0) is 19.6 Å². The maximum Gasteiger partial charge on any atom is 0.340 e. The molecule has 0 aliphatic heterocycles. The second-order valence-corrected chi connectivity index (χ2v) is 8.12. The van der Waals surface area contributed by atoms with Gasteiger partial charge in [-0.1, -0.05) is 19.1 Å². The lowest BCUT2D eigenvalue weighted by Gasteiger charge is -2.13. The van der Waals surface area contributed by atoms with Crippen LogP contribution in [0.1, 0.15) is 29.3 Å². The molecule has 9 nitrogen and oxygen atoms in total. The van der Waals surface area contributed by atoms with Crippen molar-refractivity contribution in [1.82, 2.24) is 10.6 Å². The van der Waals surface area contributed by atoms with Crippen molar-refractivity contribution in [1.29, 1.82) is 0 Å². The van der Waals surface area contributed by atoms with Gasteiger partial charge in [0.1, 0.15) is 5.82 Å². The molecule has 0 aliphatic carbocycles. The number of amides is 3. The van der Waals surface area contributed by atoms with Crippen molar-refractivity contribution in [2.75, 3.05) is 17.9 Å². The summed E-state index contributed by atoms with van der Waals surface area (Å²) in [5.41, 5.74) is -0.0896. The molecule has 3 N–H and O–H groups in total. The number of benzene rings is 2. The Labute approximate surface area is 179 Å². The van der Waals surface area contributed by atoms with Crippen LogP contribution < -0.4 is 15.4 Å². The van der Waals surface area contributed by atoms with Crippen LogP contribution in [0.4, 0.5) is 14.9 Å². The highest BCUT2D eigenvalue weighted by molar-refractivity contribution is 7.92. The van der Waals surface area contributed by atoms with Crippen molar-refractivity contribution >= 4 is 33.6 Å². The number of urea groups is 1. The van der Waals surface area contributed by atoms with Gasteiger partial charge in [-0.25, -0.2) is 22.4 Å². The third-order valence-electron chi connectivity index (χ3n) is 3.95. The Bertz CT molecular complexity index is 1090. The lowest BCUT2D eigenvalue weighted by Crippen LogP contribution is -2.41. The third-order valence-corrected chi connectivity index (χ3v) is 5.32. The van der Waals surface area contributed by atoms with Gasteiger partial charge in [0.15, 0.2) is 6.61 Å². The first-order valence-electron chi connectivity index (χ1n) is 9.27. The van der Waals surface area contributed by atoms with Crippen LogP contribution in [0.3, 0.4) is 0 Å². The molecular weight excluding hydrogens is 429 g/mol. The highest BCUT2D eigenvalue weighted by atomic mass is 32.2. The number of sulfonamides is 1. The number of anilines is 1. The summed E-state index contributed by atoms with van der Waals surface area (Å²) in [6.07, 6.45) is 0.681. The fourth-order valence-corrected chi connectivity index (χ4v) is 3.56. The number of carbonyl (C=O) groups is 3. The van der Waals surface area contributed by atoms with Crippen molar-refractivity contribution in [3.8, 4) is 0 Å². The average Bonchev–Trinajstić information content (AvgIpc) is 2.72. The molecular formula is C20H22FN3O6S. The molecule has 0 saturated heterocycles. The van der Waals surface area contributed by atoms with Gasteiger partial charge in [0.05, 0.1) is 16.1 Å². The van der Waals surface area contributed by atoms with E-state index in [1.54, 1.807) is 0 Å². The van der Waals surface area contributed by atoms with Gasteiger partial charge in [0.2, 0.25) is 0 Å². The topological polar surface area (TPSA) is 131 Å². The second-order valence-electron chi connectivity index (χ2n) is 6.44. The maximum absolute atomic E-state index is 13.4. The Balaban J connectivity index is 2.09. The van der Waals surface area contributed by atoms with Crippen LogP contribution in [0.5, 0.6) is 0 Å². The molecule has 0 fully saturated rings. The Kier molecular flexibility index (Phi) is 8.08. The van der Waals surface area contributed by atoms with Crippen LogP contribution in [0.2, 0.25) is 0 Å². The van der Waals surface area contributed by atoms with Crippen molar-refractivity contribution in [3.05, 3.63) is 59.4 Å². The van der Waals surface area contributed by atoms with Crippen LogP contribution >= 0.6 is 0 Å². The first-order chi connectivity index (χ1) is 14.6. The normalized spacial score (nSPS) is 10.8. The number of rotatable bonds is 8. The number of hydrogen-bond donors (Lipinski definition) is 3. The number of hydrogen-bond acceptors (Lipinski definition) is 6. The minimum atomic E-state index is -4.12. The Morgan fingerprint density at radius 3 is 2.48 bits per heavy atom. The number of imide groups is 1. The number of esters is 1. The quantitative estimate of drug-likeness (QED) is 0.528. The summed E-state index contributed by atoms with van der Waals surface area (Å²) in [6.45, 7) is 2.90. The molecule has 166 valence electrons. The van der Waals surface area contributed by atoms with E-state index in [2.05, 4.69) is 10.0 Å². The van der Waals surface area contributed by atoms with Crippen LogP contribution in [0.25, 0.3) is 0 Å². The molecule has 11 heteroatoms. The van der Waals surface area contributed by atoms with E-state index in [0.717, 1.165) is 18.2 Å². The van der Waals surface area contributed by atoms with E-state index >= 15 is 0 Å². The molecule has 2 aromatic carbocycles. The molecule has 2 aromatic rings. The van der Waals surface area contributed by atoms with Gasteiger partial charge in [0.25, 0.3) is 15.9 Å². The third kappa shape index (κ3) is 6.78. The first-order valence-corrected chi connectivity index (χ1v) is 10.7. The number of ether oxygens (including phenoxy) is 1. The van der Waals surface area contributed by atoms with E-state index < -0.39 is 40.4 Å². The molecule has 0 aliphatic rings. The molecule has 0 atom stereocenters. The highest BCUT2D eigenvalue weighted by Gasteiger charge is 2.21. The summed E-state index contributed by atoms with van der Waals surface area (Å²) >= 11 is 0. The lowest BCUT2D eigenvalue weighted by atomic mass is 10.2. The first kappa shape index (κ1) is 23.8. The van der Waals surface area contributed by atoms with Gasteiger partial charge in [-0.2, -0.15) is 0 Å². The molecule has 3 amide bonds. The zero-order chi connectivity index (χ0) is 23.0. The van der Waals surface area contributed by atoms with Gasteiger partial charge >= 0.3 is 12.0 Å². The van der Waals surface area contributed by atoms with Crippen LogP contribution in [-0.4, -0.2) is 39.5 Å². The summed E-state index contributed by atoms with van der Waals surface area (Å²) < 4.78 is 45.8. The summed E-state index contributed by atoms with van der Waals surface area (Å²) in [7, 11) is -4.12. The van der Waals surface area contributed by atoms with E-state index in [1.165, 1.54) is 31.2 Å². The Morgan fingerprint density at radius 2 is 1.81 bits per heavy atom. The van der Waals surface area contributed by atoms with Crippen molar-refractivity contribution < 1.29 is 31.9 Å². The molecule has 0 unspecified atom stereocenters. The van der Waals surface area contributed by atoms with E-state index in [9.17, 15) is 27.2 Å². The van der Waals surface area contributed by atoms with Crippen molar-refractivity contribution in [3.63, 3.8) is 0 Å². The molecule has 0 saturated carbocycles. The SMILES string of the molecule is CCCNC(=O)NC(=O)COC(=O)c1ccccc1NS(=O)(=O)c1ccc(F)c(C)c1. The molecule has 2 rings (SSSR count). The summed E-state index contributed by atoms with van der Waals surface area (Å²) in [4.78, 5) is 35.3. The summed E-state index contributed by atoms with van der Waals surface area (Å²) in [6, 6.07) is 8.19. The minimum absolute atomic E-state index is 0.0874. The molecule has 0 bridgehead atoms. The molecule has 0 aromatic heterocycles. The van der Waals surface area contributed by atoms with E-state index in [-0.39, 0.29) is 21.7 Å². The zero-order valence-electron chi connectivity index (χ0n) is 16.9. The van der Waals surface area contributed by atoms with E-state index in [4.69, 9.17) is 4.74 Å². The number of aryl methyl sites for hydroxylation is 1. The van der Waals surface area contributed by atoms with E-state index in [0.29, 0.717) is 13.0 Å². The summed E-state index contributed by atoms with van der Waals surface area (Å²) in [5, 5.41) is 4.43. The number of para-hydroxylation sites is 1. The predicted molar refractivity (Wildman–Crippen MR) is 111 cm³/mol. The van der Waals surface area contributed by atoms with Crippen molar-refractivity contribution in [2.24, 2.45) is 0 Å². The standard InChI is InChI=1S/C20H22FN3O6S/c1-3-10-22-20(27)23-18(25)12-30-19(26)15-6-4-5-7-17(15)24-31(28,29)14-8-9-16(21)13(2)11-14/h4-9,11,24H,3,10,12H2,1-2H3,(H2,22,23,25,27). The smallest absolute Gasteiger partial charge is 0.340 e. The zero-order valence-corrected chi connectivity index (χ0v) is 17.7. The number of nitrogens with one attached hydrogen (secondary N) is 3. The van der Waals surface area contributed by atoms with Crippen LogP contribution in [0, 0.1) is 12.7 Å². The number of carbonyl (C=O) groups excluding carboxylic acids is 3. The fourth-order valence-electron chi connectivity index (χ4n) is 2.39. The minimum Gasteiger partial charge on any atom is -0.452 e. The van der Waals surface area contributed by atoms with Gasteiger partial charge in [-0.05, 0) is 49.2 Å². The Hall–Kier alpha value is -3.47. The molecule has 0 spiro atoms. The molecule has 31 heavy (non-hydrogen) atoms. The van der Waals surface area contributed by atoms with Crippen LogP contribution in [0.15, 0.2) is 47.4 Å². The van der Waals surface area contributed by atoms with Gasteiger partial charge < -0.3 is 10.1 Å². The molecule has 0 heterocycles. The maximum atomic E-state index is 13.4. The second kappa shape index (κ2) is 10.5. The fraction of sp³-hybridized carbons (Fsp3) is 0.250. The lowest BCUT2D eigenvalue weighted by molar-refractivity contribution is -0.123. The predicted octanol–water partition coefficient (Wildman–Crippen LogP) is 2.33. The van der Waals surface area contributed by atoms with Gasteiger partial charge in [-0.15, -0.1) is 0 Å².